The van der Waals surface area contributed by atoms with Crippen molar-refractivity contribution in [2.24, 2.45) is 0 Å². The molecule has 10 rings (SSSR count). The van der Waals surface area contributed by atoms with Gasteiger partial charge in [0.2, 0.25) is 0 Å². The molecule has 0 radical (unpaired) electrons. The molecule has 0 bridgehead atoms. The van der Waals surface area contributed by atoms with Crippen molar-refractivity contribution < 1.29 is 0 Å². The molecule has 0 aliphatic carbocycles. The molecule has 1 aromatic heterocycles. The summed E-state index contributed by atoms with van der Waals surface area (Å²) in [4.78, 5) is 5.04. The molecule has 47 heavy (non-hydrogen) atoms. The SMILES string of the molecule is c1ccc(-c2nc3ccc4ccc5ccc(-c6cccc(-c7ccc8c9ccccc9c9ccccc9c8c7)c6)cc5c4c3s2)cc1. The Morgan fingerprint density at radius 1 is 0.340 bits per heavy atom. The number of thiazole rings is 1. The maximum atomic E-state index is 5.04. The van der Waals surface area contributed by atoms with Gasteiger partial charge >= 0.3 is 0 Å². The van der Waals surface area contributed by atoms with E-state index in [0.717, 1.165) is 16.1 Å². The predicted octanol–water partition coefficient (Wildman–Crippen LogP) is 13.1. The second-order valence-corrected chi connectivity index (χ2v) is 13.3. The van der Waals surface area contributed by atoms with Crippen molar-refractivity contribution in [1.82, 2.24) is 4.98 Å². The lowest BCUT2D eigenvalue weighted by molar-refractivity contribution is 1.48. The van der Waals surface area contributed by atoms with Gasteiger partial charge in [-0.25, -0.2) is 4.98 Å². The van der Waals surface area contributed by atoms with Crippen LogP contribution in [-0.4, -0.2) is 4.98 Å². The molecule has 0 atom stereocenters. The lowest BCUT2D eigenvalue weighted by atomic mass is 9.91. The molecule has 10 aromatic rings. The Morgan fingerprint density at radius 3 is 1.57 bits per heavy atom. The smallest absolute Gasteiger partial charge is 0.124 e. The Labute approximate surface area is 276 Å². The fraction of sp³-hybridized carbons (Fsp3) is 0. The second-order valence-electron chi connectivity index (χ2n) is 12.3. The third-order valence-corrected chi connectivity index (χ3v) is 10.8. The van der Waals surface area contributed by atoms with Crippen LogP contribution in [-0.2, 0) is 0 Å². The number of benzene rings is 9. The van der Waals surface area contributed by atoms with Gasteiger partial charge < -0.3 is 0 Å². The Kier molecular flexibility index (Phi) is 5.81. The van der Waals surface area contributed by atoms with Crippen LogP contribution in [0.5, 0.6) is 0 Å². The normalized spacial score (nSPS) is 11.8. The Morgan fingerprint density at radius 2 is 0.851 bits per heavy atom. The van der Waals surface area contributed by atoms with Crippen LogP contribution in [0.15, 0.2) is 164 Å². The molecule has 0 saturated heterocycles. The van der Waals surface area contributed by atoms with Gasteiger partial charge in [-0.3, -0.25) is 0 Å². The highest BCUT2D eigenvalue weighted by Gasteiger charge is 2.14. The molecule has 0 saturated carbocycles. The minimum Gasteiger partial charge on any atom is -0.236 e. The largest absolute Gasteiger partial charge is 0.236 e. The Hall–Kier alpha value is -5.83. The second kappa shape index (κ2) is 10.3. The van der Waals surface area contributed by atoms with Gasteiger partial charge in [-0.2, -0.15) is 0 Å². The van der Waals surface area contributed by atoms with Crippen LogP contribution < -0.4 is 0 Å². The predicted molar refractivity (Wildman–Crippen MR) is 203 cm³/mol. The summed E-state index contributed by atoms with van der Waals surface area (Å²) in [6.45, 7) is 0. The van der Waals surface area contributed by atoms with Crippen LogP contribution in [0.4, 0.5) is 0 Å². The number of rotatable bonds is 3. The van der Waals surface area contributed by atoms with Gasteiger partial charge in [-0.1, -0.05) is 140 Å². The van der Waals surface area contributed by atoms with Crippen molar-refractivity contribution >= 4 is 75.4 Å². The number of nitrogens with zero attached hydrogens (tertiary/aromatic N) is 1. The summed E-state index contributed by atoms with van der Waals surface area (Å²) in [5, 5.41) is 13.9. The third-order valence-electron chi connectivity index (χ3n) is 9.65. The van der Waals surface area contributed by atoms with Crippen molar-refractivity contribution in [3.63, 3.8) is 0 Å². The summed E-state index contributed by atoms with van der Waals surface area (Å²) in [5.41, 5.74) is 7.09. The van der Waals surface area contributed by atoms with Crippen LogP contribution in [0, 0.1) is 0 Å². The van der Waals surface area contributed by atoms with Crippen LogP contribution in [0.25, 0.3) is 96.9 Å². The molecule has 1 heterocycles. The first-order chi connectivity index (χ1) is 23.3. The fourth-order valence-corrected chi connectivity index (χ4v) is 8.51. The molecular weight excluding hydrogens is 587 g/mol. The maximum absolute atomic E-state index is 5.04. The van der Waals surface area contributed by atoms with E-state index in [0.29, 0.717) is 0 Å². The van der Waals surface area contributed by atoms with E-state index in [1.807, 2.05) is 0 Å². The molecular formula is C45H27NS. The summed E-state index contributed by atoms with van der Waals surface area (Å²) >= 11 is 1.79. The lowest BCUT2D eigenvalue weighted by Crippen LogP contribution is -1.86. The van der Waals surface area contributed by atoms with Crippen molar-refractivity contribution in [3.05, 3.63) is 164 Å². The van der Waals surface area contributed by atoms with Crippen molar-refractivity contribution in [2.75, 3.05) is 0 Å². The summed E-state index contributed by atoms with van der Waals surface area (Å²) in [6.07, 6.45) is 0. The summed E-state index contributed by atoms with van der Waals surface area (Å²) in [7, 11) is 0. The molecule has 0 fully saturated rings. The molecule has 0 unspecified atom stereocenters. The highest BCUT2D eigenvalue weighted by molar-refractivity contribution is 7.22. The van der Waals surface area contributed by atoms with E-state index in [1.165, 1.54) is 80.8 Å². The van der Waals surface area contributed by atoms with Crippen LogP contribution >= 0.6 is 11.3 Å². The zero-order valence-electron chi connectivity index (χ0n) is 25.4. The molecule has 0 spiro atoms. The van der Waals surface area contributed by atoms with E-state index in [1.54, 1.807) is 11.3 Å². The average Bonchev–Trinajstić information content (AvgIpc) is 3.60. The standard InChI is InChI=1S/C45H27NS/c1-2-9-30(10-3-1)45-46-42-24-22-29-19-17-28-18-20-33(26-40(28)43(29)44(42)47-45)31-11-8-12-32(25-31)34-21-23-39-37-15-5-4-13-35(37)36-14-6-7-16-38(36)41(39)27-34/h1-27H. The van der Waals surface area contributed by atoms with E-state index in [-0.39, 0.29) is 0 Å². The molecule has 218 valence electrons. The van der Waals surface area contributed by atoms with Gasteiger partial charge in [-0.15, -0.1) is 11.3 Å². The monoisotopic (exact) mass is 613 g/mol. The van der Waals surface area contributed by atoms with Gasteiger partial charge in [-0.05, 0) is 95.0 Å². The maximum Gasteiger partial charge on any atom is 0.124 e. The molecule has 0 N–H and O–H groups in total. The minimum atomic E-state index is 1.05. The lowest BCUT2D eigenvalue weighted by Gasteiger charge is -2.13. The molecule has 9 aromatic carbocycles. The van der Waals surface area contributed by atoms with Gasteiger partial charge in [0.25, 0.3) is 0 Å². The quantitative estimate of drug-likeness (QED) is 0.181. The van der Waals surface area contributed by atoms with Gasteiger partial charge in [0.1, 0.15) is 5.01 Å². The number of hydrogen-bond acceptors (Lipinski definition) is 2. The summed E-state index contributed by atoms with van der Waals surface area (Å²) < 4.78 is 1.24. The van der Waals surface area contributed by atoms with Gasteiger partial charge in [0.05, 0.1) is 10.2 Å². The van der Waals surface area contributed by atoms with Gasteiger partial charge in [0.15, 0.2) is 0 Å². The topological polar surface area (TPSA) is 12.9 Å². The Bertz CT molecular complexity index is 2810. The van der Waals surface area contributed by atoms with Crippen LogP contribution in [0.1, 0.15) is 0 Å². The number of aromatic nitrogens is 1. The summed E-state index contributed by atoms with van der Waals surface area (Å²) in [5.74, 6) is 0. The Balaban J connectivity index is 1.13. The molecule has 0 aliphatic heterocycles. The van der Waals surface area contributed by atoms with Crippen molar-refractivity contribution in [3.8, 4) is 32.8 Å². The van der Waals surface area contributed by atoms with Crippen molar-refractivity contribution in [2.45, 2.75) is 0 Å². The number of hydrogen-bond donors (Lipinski definition) is 0. The highest BCUT2D eigenvalue weighted by atomic mass is 32.1. The van der Waals surface area contributed by atoms with E-state index >= 15 is 0 Å². The molecule has 1 nitrogen and oxygen atoms in total. The first-order valence-corrected chi connectivity index (χ1v) is 16.9. The zero-order chi connectivity index (χ0) is 30.9. The third kappa shape index (κ3) is 4.19. The first kappa shape index (κ1) is 26.4. The fourth-order valence-electron chi connectivity index (χ4n) is 7.37. The van der Waals surface area contributed by atoms with E-state index < -0.39 is 0 Å². The first-order valence-electron chi connectivity index (χ1n) is 16.0. The van der Waals surface area contributed by atoms with E-state index in [2.05, 4.69) is 164 Å². The highest BCUT2D eigenvalue weighted by Crippen LogP contribution is 2.41. The molecule has 2 heteroatoms. The van der Waals surface area contributed by atoms with Gasteiger partial charge in [0, 0.05) is 10.9 Å². The molecule has 0 aliphatic rings. The van der Waals surface area contributed by atoms with Crippen LogP contribution in [0.3, 0.4) is 0 Å². The van der Waals surface area contributed by atoms with E-state index in [9.17, 15) is 0 Å². The van der Waals surface area contributed by atoms with E-state index in [4.69, 9.17) is 4.98 Å². The average molecular weight is 614 g/mol. The zero-order valence-corrected chi connectivity index (χ0v) is 26.3. The van der Waals surface area contributed by atoms with Crippen molar-refractivity contribution in [1.29, 1.82) is 0 Å². The summed E-state index contributed by atoms with van der Waals surface area (Å²) in [6, 6.07) is 59.8. The van der Waals surface area contributed by atoms with Crippen LogP contribution in [0.2, 0.25) is 0 Å². The minimum absolute atomic E-state index is 1.05. The number of fused-ring (bicyclic) bond motifs is 11. The molecule has 0 amide bonds.